The van der Waals surface area contributed by atoms with Gasteiger partial charge in [-0.3, -0.25) is 9.59 Å². The van der Waals surface area contributed by atoms with E-state index in [-0.39, 0.29) is 19.4 Å². The van der Waals surface area contributed by atoms with Gasteiger partial charge in [-0.2, -0.15) is 0 Å². The quantitative estimate of drug-likeness (QED) is 0.0261. The van der Waals surface area contributed by atoms with Crippen LogP contribution >= 0.6 is 0 Å². The monoisotopic (exact) mass is 927 g/mol. The number of allylic oxidation sites excluding steroid dienone is 14. The summed E-state index contributed by atoms with van der Waals surface area (Å²) in [5.41, 5.74) is 0. The van der Waals surface area contributed by atoms with Crippen LogP contribution < -0.4 is 0 Å². The molecule has 0 aromatic carbocycles. The molecule has 0 spiro atoms. The summed E-state index contributed by atoms with van der Waals surface area (Å²) in [6.45, 7) is 3.67. The van der Waals surface area contributed by atoms with Crippen molar-refractivity contribution in [2.24, 2.45) is 0 Å². The van der Waals surface area contributed by atoms with Gasteiger partial charge in [0.05, 0.1) is 6.61 Å². The van der Waals surface area contributed by atoms with Gasteiger partial charge in [-0.05, 0) is 89.9 Å². The molecule has 1 saturated heterocycles. The van der Waals surface area contributed by atoms with E-state index in [9.17, 15) is 34.8 Å². The predicted octanol–water partition coefficient (Wildman–Crippen LogP) is 12.2. The molecule has 0 amide bonds. The lowest BCUT2D eigenvalue weighted by atomic mass is 9.99. The number of carboxylic acid groups (broad SMARTS) is 1. The molecule has 6 unspecified atom stereocenters. The van der Waals surface area contributed by atoms with E-state index in [4.69, 9.17) is 18.9 Å². The molecule has 1 aliphatic rings. The van der Waals surface area contributed by atoms with Crippen LogP contribution in [0.4, 0.5) is 0 Å². The normalized spacial score (nSPS) is 19.8. The number of carbonyl (C=O) groups excluding carboxylic acids is 2. The number of unbranched alkanes of at least 4 members (excludes halogenated alkanes) is 17. The number of rotatable bonds is 42. The first-order valence-corrected chi connectivity index (χ1v) is 25.6. The van der Waals surface area contributed by atoms with Crippen molar-refractivity contribution < 1.29 is 53.8 Å². The average molecular weight is 927 g/mol. The van der Waals surface area contributed by atoms with Gasteiger partial charge in [-0.25, -0.2) is 4.79 Å². The zero-order valence-electron chi connectivity index (χ0n) is 40.9. The van der Waals surface area contributed by atoms with Crippen LogP contribution in [0.5, 0.6) is 0 Å². The first kappa shape index (κ1) is 60.4. The van der Waals surface area contributed by atoms with E-state index in [0.717, 1.165) is 83.5 Å². The molecule has 1 fully saturated rings. The van der Waals surface area contributed by atoms with Crippen LogP contribution in [-0.4, -0.2) is 88.4 Å². The van der Waals surface area contributed by atoms with Crippen LogP contribution in [0.1, 0.15) is 194 Å². The van der Waals surface area contributed by atoms with E-state index < -0.39 is 61.3 Å². The molecule has 0 bridgehead atoms. The first-order chi connectivity index (χ1) is 32.2. The van der Waals surface area contributed by atoms with Crippen molar-refractivity contribution >= 4 is 17.9 Å². The van der Waals surface area contributed by atoms with Gasteiger partial charge >= 0.3 is 17.9 Å². The smallest absolute Gasteiger partial charge is 0.335 e. The van der Waals surface area contributed by atoms with Crippen molar-refractivity contribution in [1.82, 2.24) is 0 Å². The summed E-state index contributed by atoms with van der Waals surface area (Å²) in [5, 5.41) is 39.9. The lowest BCUT2D eigenvalue weighted by Gasteiger charge is -2.38. The molecular weight excluding hydrogens is 837 g/mol. The van der Waals surface area contributed by atoms with E-state index >= 15 is 0 Å². The lowest BCUT2D eigenvalue weighted by molar-refractivity contribution is -0.298. The SMILES string of the molecule is CC/C=C\C/C=C\C/C=C\C/C=C\C/C=C\CCCCCC(=O)OCC(COC1OC(C(=O)O)C(O)C(O)C1O)OC(=O)CCCCCCCCCCC/C=C\C/C=C\CCCCCCC. The maximum absolute atomic E-state index is 12.8. The number of hydrogen-bond acceptors (Lipinski definition) is 10. The molecule has 1 aliphatic heterocycles. The van der Waals surface area contributed by atoms with Crippen molar-refractivity contribution in [2.75, 3.05) is 13.2 Å². The Bertz CT molecular complexity index is 1410. The molecule has 4 N–H and O–H groups in total. The lowest BCUT2D eigenvalue weighted by Crippen LogP contribution is -2.60. The largest absolute Gasteiger partial charge is 0.479 e. The molecule has 376 valence electrons. The highest BCUT2D eigenvalue weighted by Crippen LogP contribution is 2.23. The van der Waals surface area contributed by atoms with Crippen molar-refractivity contribution in [3.05, 3.63) is 85.1 Å². The second-order valence-electron chi connectivity index (χ2n) is 17.3. The van der Waals surface area contributed by atoms with Crippen LogP contribution in [0, 0.1) is 0 Å². The Morgan fingerprint density at radius 1 is 0.485 bits per heavy atom. The Morgan fingerprint density at radius 2 is 0.894 bits per heavy atom. The zero-order valence-corrected chi connectivity index (χ0v) is 40.9. The van der Waals surface area contributed by atoms with Crippen molar-refractivity contribution in [2.45, 2.75) is 230 Å². The second-order valence-corrected chi connectivity index (χ2v) is 17.3. The molecule has 66 heavy (non-hydrogen) atoms. The molecule has 11 nitrogen and oxygen atoms in total. The highest BCUT2D eigenvalue weighted by Gasteiger charge is 2.47. The summed E-state index contributed by atoms with van der Waals surface area (Å²) in [6.07, 6.45) is 49.1. The predicted molar refractivity (Wildman–Crippen MR) is 266 cm³/mol. The molecule has 11 heteroatoms. The number of aliphatic hydroxyl groups is 3. The Balaban J connectivity index is 2.34. The number of hydrogen-bond donors (Lipinski definition) is 4. The maximum atomic E-state index is 12.8. The molecule has 0 aromatic rings. The van der Waals surface area contributed by atoms with E-state index in [1.807, 2.05) is 0 Å². The molecule has 0 aromatic heterocycles. The van der Waals surface area contributed by atoms with Crippen LogP contribution in [0.15, 0.2) is 85.1 Å². The third-order valence-corrected chi connectivity index (χ3v) is 11.2. The van der Waals surface area contributed by atoms with Crippen molar-refractivity contribution in [3.63, 3.8) is 0 Å². The number of esters is 2. The molecule has 0 aliphatic carbocycles. The van der Waals surface area contributed by atoms with E-state index in [2.05, 4.69) is 98.9 Å². The summed E-state index contributed by atoms with van der Waals surface area (Å²) in [5.74, 6) is -2.50. The van der Waals surface area contributed by atoms with Gasteiger partial charge in [0.25, 0.3) is 0 Å². The Kier molecular flexibility index (Phi) is 40.2. The topological polar surface area (TPSA) is 169 Å². The second kappa shape index (κ2) is 43.9. The van der Waals surface area contributed by atoms with Gasteiger partial charge in [-0.1, -0.05) is 176 Å². The fourth-order valence-corrected chi connectivity index (χ4v) is 7.23. The number of carbonyl (C=O) groups is 3. The van der Waals surface area contributed by atoms with Crippen molar-refractivity contribution in [3.8, 4) is 0 Å². The third kappa shape index (κ3) is 34.7. The molecule has 1 rings (SSSR count). The number of ether oxygens (including phenoxy) is 4. The van der Waals surface area contributed by atoms with Gasteiger partial charge in [0.2, 0.25) is 0 Å². The average Bonchev–Trinajstić information content (AvgIpc) is 3.30. The number of aliphatic carboxylic acids is 1. The highest BCUT2D eigenvalue weighted by atomic mass is 16.7. The van der Waals surface area contributed by atoms with Gasteiger partial charge in [0.15, 0.2) is 18.5 Å². The van der Waals surface area contributed by atoms with Crippen LogP contribution in [0.25, 0.3) is 0 Å². The van der Waals surface area contributed by atoms with E-state index in [0.29, 0.717) is 12.8 Å². The van der Waals surface area contributed by atoms with Gasteiger partial charge < -0.3 is 39.4 Å². The standard InChI is InChI=1S/C55H90O11/c1-3-5-7-9-11-13-15-17-19-21-23-24-26-28-30-32-34-36-38-40-42-44-49(57)65-47(46-64-55-52(60)50(58)51(59)53(66-55)54(61)62)45-63-48(56)43-41-39-37-35-33-31-29-27-25-22-20-18-16-14-12-10-8-6-4-2/h6,8,12,14-15,17-18,20-21,23,25,27,31,33,47,50-53,55,58-60H,3-5,7,9-11,13,16,19,22,24,26,28-30,32,34-46H2,1-2H3,(H,61,62)/b8-6-,14-12-,17-15-,20-18-,23-21-,27-25-,33-31-. The van der Waals surface area contributed by atoms with Crippen LogP contribution in [0.2, 0.25) is 0 Å². The minimum absolute atomic E-state index is 0.166. The molecule has 1 heterocycles. The number of carboxylic acids is 1. The summed E-state index contributed by atoms with van der Waals surface area (Å²) in [4.78, 5) is 37.0. The van der Waals surface area contributed by atoms with Crippen LogP contribution in [0.3, 0.4) is 0 Å². The fourth-order valence-electron chi connectivity index (χ4n) is 7.23. The Morgan fingerprint density at radius 3 is 1.36 bits per heavy atom. The molecule has 0 saturated carbocycles. The van der Waals surface area contributed by atoms with E-state index in [1.54, 1.807) is 0 Å². The summed E-state index contributed by atoms with van der Waals surface area (Å²) in [7, 11) is 0. The zero-order chi connectivity index (χ0) is 48.1. The molecular formula is C55H90O11. The summed E-state index contributed by atoms with van der Waals surface area (Å²) < 4.78 is 21.8. The minimum Gasteiger partial charge on any atom is -0.479 e. The first-order valence-electron chi connectivity index (χ1n) is 25.6. The Labute approximate surface area is 399 Å². The van der Waals surface area contributed by atoms with Gasteiger partial charge in [0.1, 0.15) is 24.9 Å². The van der Waals surface area contributed by atoms with Crippen LogP contribution in [-0.2, 0) is 33.3 Å². The summed E-state index contributed by atoms with van der Waals surface area (Å²) >= 11 is 0. The van der Waals surface area contributed by atoms with E-state index in [1.165, 1.54) is 70.6 Å². The molecule has 6 atom stereocenters. The maximum Gasteiger partial charge on any atom is 0.335 e. The highest BCUT2D eigenvalue weighted by molar-refractivity contribution is 5.73. The summed E-state index contributed by atoms with van der Waals surface area (Å²) in [6, 6.07) is 0. The number of aliphatic hydroxyl groups excluding tert-OH is 3. The molecule has 0 radical (unpaired) electrons. The Hall–Kier alpha value is -3.61. The van der Waals surface area contributed by atoms with Crippen molar-refractivity contribution in [1.29, 1.82) is 0 Å². The van der Waals surface area contributed by atoms with Gasteiger partial charge in [-0.15, -0.1) is 0 Å². The fraction of sp³-hybridized carbons (Fsp3) is 0.691. The third-order valence-electron chi connectivity index (χ3n) is 11.2. The minimum atomic E-state index is -1.87. The van der Waals surface area contributed by atoms with Gasteiger partial charge in [0, 0.05) is 12.8 Å².